The van der Waals surface area contributed by atoms with Crippen molar-refractivity contribution in [3.8, 4) is 22.6 Å². The van der Waals surface area contributed by atoms with Gasteiger partial charge in [-0.3, -0.25) is 9.59 Å². The maximum absolute atomic E-state index is 13.9. The molecule has 2 aromatic heterocycles. The smallest absolute Gasteiger partial charge is 0.274 e. The molecule has 192 valence electrons. The minimum absolute atomic E-state index is 0.268. The minimum atomic E-state index is -0.918. The maximum atomic E-state index is 13.9. The van der Waals surface area contributed by atoms with Crippen molar-refractivity contribution in [1.82, 2.24) is 14.9 Å². The number of amides is 1. The highest BCUT2D eigenvalue weighted by molar-refractivity contribution is 6.03. The molecule has 1 aliphatic carbocycles. The predicted molar refractivity (Wildman–Crippen MR) is 141 cm³/mol. The molecule has 2 aromatic carbocycles. The number of aromatic amines is 1. The summed E-state index contributed by atoms with van der Waals surface area (Å²) in [4.78, 5) is 28.5. The van der Waals surface area contributed by atoms with Crippen LogP contribution in [0.25, 0.3) is 22.0 Å². The number of pyridine rings is 1. The lowest BCUT2D eigenvalue weighted by atomic mass is 9.74. The van der Waals surface area contributed by atoms with Crippen LogP contribution in [-0.2, 0) is 12.6 Å². The van der Waals surface area contributed by atoms with Gasteiger partial charge in [0, 0.05) is 36.3 Å². The van der Waals surface area contributed by atoms with Gasteiger partial charge in [0.05, 0.1) is 5.60 Å². The Labute approximate surface area is 213 Å². The van der Waals surface area contributed by atoms with Crippen molar-refractivity contribution in [2.24, 2.45) is 7.05 Å². The topological polar surface area (TPSA) is 96.3 Å². The lowest BCUT2D eigenvalue weighted by molar-refractivity contribution is -0.0387. The van der Waals surface area contributed by atoms with Crippen LogP contribution in [0.5, 0.6) is 11.5 Å². The van der Waals surface area contributed by atoms with Gasteiger partial charge in [-0.25, -0.2) is 4.39 Å². The van der Waals surface area contributed by atoms with E-state index in [1.807, 2.05) is 19.1 Å². The summed E-state index contributed by atoms with van der Waals surface area (Å²) in [5, 5.41) is 14.4. The highest BCUT2D eigenvalue weighted by Gasteiger charge is 2.37. The van der Waals surface area contributed by atoms with E-state index in [1.54, 1.807) is 39.2 Å². The van der Waals surface area contributed by atoms with Crippen molar-refractivity contribution in [3.63, 3.8) is 0 Å². The van der Waals surface area contributed by atoms with Crippen LogP contribution in [0.3, 0.4) is 0 Å². The van der Waals surface area contributed by atoms with Crippen molar-refractivity contribution in [1.29, 1.82) is 0 Å². The van der Waals surface area contributed by atoms with E-state index in [1.165, 1.54) is 16.7 Å². The van der Waals surface area contributed by atoms with Gasteiger partial charge in [-0.1, -0.05) is 6.07 Å². The second kappa shape index (κ2) is 9.19. The highest BCUT2D eigenvalue weighted by atomic mass is 19.1. The minimum Gasteiger partial charge on any atom is -0.456 e. The van der Waals surface area contributed by atoms with Gasteiger partial charge in [-0.15, -0.1) is 0 Å². The van der Waals surface area contributed by atoms with Crippen molar-refractivity contribution in [2.75, 3.05) is 6.54 Å². The first-order chi connectivity index (χ1) is 17.6. The van der Waals surface area contributed by atoms with E-state index in [9.17, 15) is 19.1 Å². The number of halogens is 1. The van der Waals surface area contributed by atoms with Crippen LogP contribution < -0.4 is 15.6 Å². The van der Waals surface area contributed by atoms with Gasteiger partial charge in [-0.05, 0) is 87.1 Å². The number of aromatic nitrogens is 2. The number of ether oxygens (including phenoxy) is 1. The zero-order valence-electron chi connectivity index (χ0n) is 21.4. The van der Waals surface area contributed by atoms with Crippen molar-refractivity contribution >= 4 is 16.8 Å². The number of hydrogen-bond donors (Lipinski definition) is 3. The number of carbonyl (C=O) groups is 1. The summed E-state index contributed by atoms with van der Waals surface area (Å²) in [6.07, 6.45) is 3.98. The number of hydrogen-bond acceptors (Lipinski definition) is 4. The number of nitrogens with zero attached hydrogens (tertiary/aromatic N) is 1. The number of H-pyrrole nitrogens is 1. The first kappa shape index (κ1) is 24.8. The van der Waals surface area contributed by atoms with E-state index < -0.39 is 5.60 Å². The molecule has 5 rings (SSSR count). The molecule has 37 heavy (non-hydrogen) atoms. The van der Waals surface area contributed by atoms with Gasteiger partial charge < -0.3 is 24.7 Å². The molecule has 0 aliphatic heterocycles. The Bertz CT molecular complexity index is 1570. The predicted octanol–water partition coefficient (Wildman–Crippen LogP) is 5.20. The zero-order chi connectivity index (χ0) is 26.5. The van der Waals surface area contributed by atoms with Gasteiger partial charge in [0.15, 0.2) is 0 Å². The molecule has 1 amide bonds. The van der Waals surface area contributed by atoms with Crippen LogP contribution in [0, 0.1) is 19.7 Å². The molecule has 0 bridgehead atoms. The third-order valence-electron chi connectivity index (χ3n) is 7.17. The average Bonchev–Trinajstić information content (AvgIpc) is 3.28. The van der Waals surface area contributed by atoms with Crippen molar-refractivity contribution in [3.05, 3.63) is 81.2 Å². The molecule has 3 N–H and O–H groups in total. The normalized spacial score (nSPS) is 14.4. The van der Waals surface area contributed by atoms with E-state index in [0.29, 0.717) is 64.0 Å². The highest BCUT2D eigenvalue weighted by Crippen LogP contribution is 2.45. The quantitative estimate of drug-likeness (QED) is 0.337. The van der Waals surface area contributed by atoms with Crippen LogP contribution in [0.2, 0.25) is 0 Å². The molecule has 0 spiro atoms. The van der Waals surface area contributed by atoms with E-state index in [4.69, 9.17) is 4.74 Å². The number of benzene rings is 2. The van der Waals surface area contributed by atoms with Crippen LogP contribution >= 0.6 is 0 Å². The summed E-state index contributed by atoms with van der Waals surface area (Å²) in [6, 6.07) is 10.0. The molecule has 2 heterocycles. The summed E-state index contributed by atoms with van der Waals surface area (Å²) in [6.45, 7) is 5.84. The number of fused-ring (bicyclic) bond motifs is 1. The molecule has 1 aliphatic rings. The maximum Gasteiger partial charge on any atom is 0.274 e. The number of nitrogens with one attached hydrogen (secondary N) is 2. The molecule has 7 nitrogen and oxygen atoms in total. The Balaban J connectivity index is 1.74. The molecule has 8 heteroatoms. The van der Waals surface area contributed by atoms with Crippen molar-refractivity contribution < 1.29 is 19.0 Å². The molecular weight excluding hydrogens is 473 g/mol. The van der Waals surface area contributed by atoms with Crippen LogP contribution in [0.4, 0.5) is 4.39 Å². The largest absolute Gasteiger partial charge is 0.456 e. The second-order valence-electron chi connectivity index (χ2n) is 9.86. The molecule has 0 unspecified atom stereocenters. The van der Waals surface area contributed by atoms with Gasteiger partial charge in [-0.2, -0.15) is 0 Å². The van der Waals surface area contributed by atoms with E-state index in [-0.39, 0.29) is 23.0 Å². The summed E-state index contributed by atoms with van der Waals surface area (Å²) >= 11 is 0. The van der Waals surface area contributed by atoms with Gasteiger partial charge in [0.1, 0.15) is 28.5 Å². The Hall–Kier alpha value is -3.91. The summed E-state index contributed by atoms with van der Waals surface area (Å²) < 4.78 is 21.8. The Morgan fingerprint density at radius 3 is 2.49 bits per heavy atom. The van der Waals surface area contributed by atoms with Crippen LogP contribution in [-0.4, -0.2) is 27.1 Å². The Kier molecular flexibility index (Phi) is 6.15. The fourth-order valence-electron chi connectivity index (χ4n) is 5.01. The first-order valence-electron chi connectivity index (χ1n) is 12.4. The molecule has 1 fully saturated rings. The van der Waals surface area contributed by atoms with Crippen LogP contribution in [0.15, 0.2) is 47.4 Å². The van der Waals surface area contributed by atoms with Gasteiger partial charge in [0.25, 0.3) is 11.5 Å². The van der Waals surface area contributed by atoms with Crippen LogP contribution in [0.1, 0.15) is 53.4 Å². The lowest BCUT2D eigenvalue weighted by Crippen LogP contribution is -2.33. The average molecular weight is 504 g/mol. The lowest BCUT2D eigenvalue weighted by Gasteiger charge is -2.37. The summed E-state index contributed by atoms with van der Waals surface area (Å²) in [5.74, 6) is 0.384. The third kappa shape index (κ3) is 4.31. The van der Waals surface area contributed by atoms with E-state index >= 15 is 0 Å². The fourth-order valence-corrected chi connectivity index (χ4v) is 5.01. The second-order valence-corrected chi connectivity index (χ2v) is 9.86. The molecular formula is C29H30FN3O4. The Morgan fingerprint density at radius 2 is 1.86 bits per heavy atom. The standard InChI is InChI=1S/C29H30FN3O4/c1-5-31-27(34)23-14-21-22(15-33(4)28(35)25(21)32-23)20-13-18(29(36)9-6-10-29)7-8-24(20)37-26-16(2)11-19(30)12-17(26)3/h7-8,11-15,32,36H,5-6,9-10H2,1-4H3,(H,31,34). The number of carbonyl (C=O) groups excluding carboxylic acids is 1. The fraction of sp³-hybridized carbons (Fsp3) is 0.310. The number of aliphatic hydroxyl groups is 1. The molecule has 4 aromatic rings. The Morgan fingerprint density at radius 1 is 1.16 bits per heavy atom. The summed E-state index contributed by atoms with van der Waals surface area (Å²) in [5.41, 5.74) is 2.78. The van der Waals surface area contributed by atoms with Gasteiger partial charge >= 0.3 is 0 Å². The number of rotatable bonds is 6. The SMILES string of the molecule is CCNC(=O)c1cc2c(-c3cc(C4(O)CCC4)ccc3Oc3c(C)cc(F)cc3C)cn(C)c(=O)c2[nH]1. The molecule has 0 atom stereocenters. The van der Waals surface area contributed by atoms with Crippen molar-refractivity contribution in [2.45, 2.75) is 45.6 Å². The van der Waals surface area contributed by atoms with E-state index in [0.717, 1.165) is 12.0 Å². The third-order valence-corrected chi connectivity index (χ3v) is 7.17. The molecule has 0 saturated heterocycles. The molecule has 0 radical (unpaired) electrons. The summed E-state index contributed by atoms with van der Waals surface area (Å²) in [7, 11) is 1.65. The molecule has 1 saturated carbocycles. The monoisotopic (exact) mass is 503 g/mol. The first-order valence-corrected chi connectivity index (χ1v) is 12.4. The zero-order valence-corrected chi connectivity index (χ0v) is 21.4. The van der Waals surface area contributed by atoms with Gasteiger partial charge in [0.2, 0.25) is 0 Å². The van der Waals surface area contributed by atoms with E-state index in [2.05, 4.69) is 10.3 Å². The number of aryl methyl sites for hydroxylation is 3.